The summed E-state index contributed by atoms with van der Waals surface area (Å²) in [6.07, 6.45) is 0. The topological polar surface area (TPSA) is 44.7 Å². The average molecular weight is 411 g/mol. The Morgan fingerprint density at radius 3 is 2.52 bits per heavy atom. The van der Waals surface area contributed by atoms with E-state index in [9.17, 15) is 4.39 Å². The van der Waals surface area contributed by atoms with Crippen molar-refractivity contribution in [2.45, 2.75) is 12.6 Å². The minimum atomic E-state index is -0.221. The number of aliphatic hydroxyl groups excluding tert-OH is 1. The number of nitrogens with zero attached hydrogens (tertiary/aromatic N) is 1. The van der Waals surface area contributed by atoms with E-state index >= 15 is 0 Å². The van der Waals surface area contributed by atoms with Gasteiger partial charge in [-0.15, -0.1) is 0 Å². The molecule has 0 saturated carbocycles. The molecule has 25 heavy (non-hydrogen) atoms. The maximum Gasteiger partial charge on any atom is 0.123 e. The maximum absolute atomic E-state index is 13.1. The summed E-state index contributed by atoms with van der Waals surface area (Å²) in [7, 11) is 4.03. The maximum atomic E-state index is 13.1. The number of nitrogens with one attached hydrogen (secondary N) is 1. The largest absolute Gasteiger partial charge is 0.491 e. The number of ether oxygens (including phenoxy) is 1. The van der Waals surface area contributed by atoms with E-state index in [0.717, 1.165) is 27.9 Å². The molecule has 1 atom stereocenters. The van der Waals surface area contributed by atoms with Gasteiger partial charge in [-0.05, 0) is 49.5 Å². The van der Waals surface area contributed by atoms with Gasteiger partial charge in [0.1, 0.15) is 18.2 Å². The van der Waals surface area contributed by atoms with E-state index in [1.165, 1.54) is 12.1 Å². The fourth-order valence-electron chi connectivity index (χ4n) is 2.55. The molecular formula is C19H24BrFN2O2. The molecule has 0 bridgehead atoms. The number of likely N-dealkylation sites (N-methyl/N-ethyl adjacent to an activating group) is 1. The first-order valence-corrected chi connectivity index (χ1v) is 8.95. The monoisotopic (exact) mass is 410 g/mol. The second-order valence-corrected chi connectivity index (χ2v) is 6.84. The molecule has 0 saturated heterocycles. The second-order valence-electron chi connectivity index (χ2n) is 5.99. The predicted octanol–water partition coefficient (Wildman–Crippen LogP) is 3.35. The Hall–Kier alpha value is -1.47. The summed E-state index contributed by atoms with van der Waals surface area (Å²) in [5, 5.41) is 12.3. The van der Waals surface area contributed by atoms with E-state index in [0.29, 0.717) is 6.54 Å². The summed E-state index contributed by atoms with van der Waals surface area (Å²) in [5.74, 6) is 0.504. The van der Waals surface area contributed by atoms with Gasteiger partial charge in [0.2, 0.25) is 0 Å². The summed E-state index contributed by atoms with van der Waals surface area (Å²) in [5.41, 5.74) is 2.19. The van der Waals surface area contributed by atoms with Crippen LogP contribution in [-0.4, -0.2) is 43.9 Å². The van der Waals surface area contributed by atoms with Crippen LogP contribution in [-0.2, 0) is 6.54 Å². The Labute approximate surface area is 156 Å². The van der Waals surface area contributed by atoms with Gasteiger partial charge < -0.3 is 20.1 Å². The molecule has 136 valence electrons. The zero-order valence-electron chi connectivity index (χ0n) is 14.5. The van der Waals surface area contributed by atoms with Crippen LogP contribution < -0.4 is 10.1 Å². The molecule has 1 unspecified atom stereocenters. The van der Waals surface area contributed by atoms with Crippen LogP contribution >= 0.6 is 15.9 Å². The van der Waals surface area contributed by atoms with Crippen molar-refractivity contribution in [2.24, 2.45) is 0 Å². The first-order valence-electron chi connectivity index (χ1n) is 8.16. The molecule has 2 aromatic rings. The Bertz CT molecular complexity index is 665. The van der Waals surface area contributed by atoms with E-state index < -0.39 is 0 Å². The van der Waals surface area contributed by atoms with E-state index in [-0.39, 0.29) is 25.1 Å². The summed E-state index contributed by atoms with van der Waals surface area (Å²) in [4.78, 5) is 2.11. The van der Waals surface area contributed by atoms with Crippen LogP contribution in [0.25, 0.3) is 0 Å². The average Bonchev–Trinajstić information content (AvgIpc) is 2.59. The molecule has 4 nitrogen and oxygen atoms in total. The van der Waals surface area contributed by atoms with Crippen LogP contribution in [0.4, 0.5) is 4.39 Å². The normalized spacial score (nSPS) is 12.4. The summed E-state index contributed by atoms with van der Waals surface area (Å²) in [6, 6.07) is 12.6. The second kappa shape index (κ2) is 9.87. The number of benzene rings is 2. The third-order valence-electron chi connectivity index (χ3n) is 3.92. The van der Waals surface area contributed by atoms with Gasteiger partial charge in [-0.3, -0.25) is 0 Å². The first-order chi connectivity index (χ1) is 12.0. The fraction of sp³-hybridized carbons (Fsp3) is 0.368. The number of aliphatic hydroxyl groups is 1. The molecule has 0 aliphatic carbocycles. The molecule has 0 heterocycles. The number of halogens is 2. The molecule has 0 aliphatic heterocycles. The van der Waals surface area contributed by atoms with Crippen LogP contribution in [0.1, 0.15) is 17.2 Å². The Balaban J connectivity index is 1.94. The molecule has 2 N–H and O–H groups in total. The van der Waals surface area contributed by atoms with Crippen LogP contribution in [0, 0.1) is 5.82 Å². The molecule has 2 rings (SSSR count). The summed E-state index contributed by atoms with van der Waals surface area (Å²) < 4.78 is 19.5. The third-order valence-corrected chi connectivity index (χ3v) is 4.65. The van der Waals surface area contributed by atoms with Gasteiger partial charge in [-0.2, -0.15) is 0 Å². The van der Waals surface area contributed by atoms with E-state index in [1.54, 1.807) is 0 Å². The number of hydrogen-bond acceptors (Lipinski definition) is 4. The Morgan fingerprint density at radius 1 is 1.20 bits per heavy atom. The number of rotatable bonds is 9. The summed E-state index contributed by atoms with van der Waals surface area (Å²) >= 11 is 3.55. The van der Waals surface area contributed by atoms with Crippen molar-refractivity contribution in [3.05, 3.63) is 63.9 Å². The van der Waals surface area contributed by atoms with Crippen molar-refractivity contribution in [2.75, 3.05) is 33.9 Å². The molecule has 6 heteroatoms. The van der Waals surface area contributed by atoms with Gasteiger partial charge in [0.05, 0.1) is 6.61 Å². The van der Waals surface area contributed by atoms with Crippen LogP contribution in [0.3, 0.4) is 0 Å². The lowest BCUT2D eigenvalue weighted by Gasteiger charge is -2.25. The first kappa shape index (κ1) is 19.8. The fourth-order valence-corrected chi connectivity index (χ4v) is 3.05. The Morgan fingerprint density at radius 2 is 1.92 bits per heavy atom. The zero-order chi connectivity index (χ0) is 18.2. The van der Waals surface area contributed by atoms with Gasteiger partial charge in [-0.1, -0.05) is 34.1 Å². The van der Waals surface area contributed by atoms with Gasteiger partial charge in [0, 0.05) is 23.6 Å². The highest BCUT2D eigenvalue weighted by molar-refractivity contribution is 9.10. The van der Waals surface area contributed by atoms with Crippen molar-refractivity contribution >= 4 is 15.9 Å². The molecule has 0 fully saturated rings. The molecular weight excluding hydrogens is 387 g/mol. The molecule has 0 spiro atoms. The van der Waals surface area contributed by atoms with Crippen molar-refractivity contribution in [3.8, 4) is 5.75 Å². The van der Waals surface area contributed by atoms with Crippen molar-refractivity contribution in [3.63, 3.8) is 0 Å². The quantitative estimate of drug-likeness (QED) is 0.665. The highest BCUT2D eigenvalue weighted by atomic mass is 79.9. The van der Waals surface area contributed by atoms with Crippen molar-refractivity contribution in [1.82, 2.24) is 10.2 Å². The van der Waals surface area contributed by atoms with E-state index in [4.69, 9.17) is 9.84 Å². The molecule has 0 amide bonds. The van der Waals surface area contributed by atoms with Crippen LogP contribution in [0.5, 0.6) is 5.75 Å². The van der Waals surface area contributed by atoms with Crippen LogP contribution in [0.2, 0.25) is 0 Å². The lowest BCUT2D eigenvalue weighted by molar-refractivity contribution is 0.201. The highest BCUT2D eigenvalue weighted by Gasteiger charge is 2.14. The van der Waals surface area contributed by atoms with Gasteiger partial charge in [0.25, 0.3) is 0 Å². The van der Waals surface area contributed by atoms with Crippen molar-refractivity contribution in [1.29, 1.82) is 0 Å². The zero-order valence-corrected chi connectivity index (χ0v) is 16.1. The van der Waals surface area contributed by atoms with Crippen LogP contribution in [0.15, 0.2) is 46.9 Å². The summed E-state index contributed by atoms with van der Waals surface area (Å²) in [6.45, 7) is 1.72. The van der Waals surface area contributed by atoms with Crippen molar-refractivity contribution < 1.29 is 14.2 Å². The molecule has 2 aromatic carbocycles. The lowest BCUT2D eigenvalue weighted by atomic mass is 10.1. The third kappa shape index (κ3) is 6.08. The molecule has 0 aromatic heterocycles. The minimum absolute atomic E-state index is 0.00373. The molecule has 0 radical (unpaired) electrons. The van der Waals surface area contributed by atoms with Gasteiger partial charge >= 0.3 is 0 Å². The van der Waals surface area contributed by atoms with E-state index in [2.05, 4.69) is 26.1 Å². The van der Waals surface area contributed by atoms with Gasteiger partial charge in [-0.25, -0.2) is 4.39 Å². The predicted molar refractivity (Wildman–Crippen MR) is 101 cm³/mol. The SMILES string of the molecule is CN(C)C(CNCc1ccc(OCCO)cc1Br)c1ccc(F)cc1. The smallest absolute Gasteiger partial charge is 0.123 e. The highest BCUT2D eigenvalue weighted by Crippen LogP contribution is 2.24. The Kier molecular flexibility index (Phi) is 7.84. The number of hydrogen-bond donors (Lipinski definition) is 2. The molecule has 0 aliphatic rings. The minimum Gasteiger partial charge on any atom is -0.491 e. The van der Waals surface area contributed by atoms with Gasteiger partial charge in [0.15, 0.2) is 0 Å². The van der Waals surface area contributed by atoms with E-state index in [1.807, 2.05) is 44.4 Å². The lowest BCUT2D eigenvalue weighted by Crippen LogP contribution is -2.30. The standard InChI is InChI=1S/C19H24BrFN2O2/c1-23(2)19(14-3-6-16(21)7-4-14)13-22-12-15-5-8-17(11-18(15)20)25-10-9-24/h3-8,11,19,22,24H,9-10,12-13H2,1-2H3.